The average molecular weight is 492 g/mol. The minimum atomic E-state index is -5.73. The third-order valence-corrected chi connectivity index (χ3v) is 6.01. The number of rotatable bonds is 7. The number of anilines is 1. The highest BCUT2D eigenvalue weighted by Gasteiger charge is 2.58. The number of ether oxygens (including phenoxy) is 2. The van der Waals surface area contributed by atoms with Crippen LogP contribution < -0.4 is 9.64 Å². The second kappa shape index (κ2) is 8.33. The van der Waals surface area contributed by atoms with Crippen LogP contribution in [0.15, 0.2) is 42.5 Å². The Labute approximate surface area is 189 Å². The van der Waals surface area contributed by atoms with Crippen LogP contribution >= 0.6 is 0 Å². The molecule has 2 atom stereocenters. The van der Waals surface area contributed by atoms with Gasteiger partial charge in [0.15, 0.2) is 6.61 Å². The predicted octanol–water partition coefficient (Wildman–Crippen LogP) is 5.10. The number of epoxide rings is 1. The Kier molecular flexibility index (Phi) is 5.91. The molecule has 0 radical (unpaired) electrons. The highest BCUT2D eigenvalue weighted by molar-refractivity contribution is 5.94. The van der Waals surface area contributed by atoms with Crippen molar-refractivity contribution in [1.29, 1.82) is 0 Å². The Morgan fingerprint density at radius 2 is 1.71 bits per heavy atom. The number of urea groups is 1. The molecule has 34 heavy (non-hydrogen) atoms. The van der Waals surface area contributed by atoms with E-state index in [1.165, 1.54) is 40.1 Å². The second-order valence-electron chi connectivity index (χ2n) is 8.09. The Bertz CT molecular complexity index is 1070. The lowest BCUT2D eigenvalue weighted by Crippen LogP contribution is -2.45. The van der Waals surface area contributed by atoms with E-state index in [1.54, 1.807) is 6.92 Å². The molecule has 0 aliphatic carbocycles. The fourth-order valence-corrected chi connectivity index (χ4v) is 3.91. The first kappa shape index (κ1) is 24.1. The quantitative estimate of drug-likeness (QED) is 0.399. The first-order valence-electron chi connectivity index (χ1n) is 10.2. The minimum absolute atomic E-state index is 0.143. The summed E-state index contributed by atoms with van der Waals surface area (Å²) < 4.78 is 101. The van der Waals surface area contributed by atoms with E-state index in [0.29, 0.717) is 5.69 Å². The third-order valence-electron chi connectivity index (χ3n) is 6.01. The zero-order valence-electron chi connectivity index (χ0n) is 17.7. The van der Waals surface area contributed by atoms with Gasteiger partial charge in [0.25, 0.3) is 0 Å². The van der Waals surface area contributed by atoms with E-state index in [-0.39, 0.29) is 31.0 Å². The van der Waals surface area contributed by atoms with Crippen molar-refractivity contribution < 1.29 is 45.0 Å². The lowest BCUT2D eigenvalue weighted by atomic mass is 9.91. The fourth-order valence-electron chi connectivity index (χ4n) is 3.91. The van der Waals surface area contributed by atoms with Crippen molar-refractivity contribution in [2.75, 3.05) is 31.2 Å². The Morgan fingerprint density at radius 3 is 2.26 bits per heavy atom. The van der Waals surface area contributed by atoms with Gasteiger partial charge < -0.3 is 14.4 Å². The fraction of sp³-hybridized carbons (Fsp3) is 0.409. The van der Waals surface area contributed by atoms with Crippen LogP contribution in [-0.4, -0.2) is 55.4 Å². The molecule has 0 N–H and O–H groups in total. The number of hydrogen-bond donors (Lipinski definition) is 0. The van der Waals surface area contributed by atoms with Crippen molar-refractivity contribution in [3.63, 3.8) is 0 Å². The van der Waals surface area contributed by atoms with Gasteiger partial charge in [0, 0.05) is 30.4 Å². The van der Waals surface area contributed by atoms with Gasteiger partial charge in [0.1, 0.15) is 23.0 Å². The molecule has 2 heterocycles. The zero-order chi connectivity index (χ0) is 24.9. The molecule has 0 aromatic heterocycles. The van der Waals surface area contributed by atoms with Gasteiger partial charge in [-0.15, -0.1) is 0 Å². The number of alkyl halides is 5. The normalized spacial score (nSPS) is 21.7. The lowest BCUT2D eigenvalue weighted by molar-refractivity contribution is -0.290. The van der Waals surface area contributed by atoms with Gasteiger partial charge in [0.2, 0.25) is 0 Å². The molecule has 2 aromatic rings. The Morgan fingerprint density at radius 1 is 1.06 bits per heavy atom. The number of carbonyl (C=O) groups excluding carboxylic acids is 1. The average Bonchev–Trinajstić information content (AvgIpc) is 3.47. The standard InChI is InChI=1S/C22H19F7N2O3/c1-13(20(11-34-20)17-7-2-14(23)10-18(17)24)30-8-9-31(19(30)32)15-3-5-16(6-4-15)33-12-21(25,26)22(27,28)29/h2-7,10,13H,8-9,11-12H2,1H3/t13-,20+/m1/s1. The van der Waals surface area contributed by atoms with Gasteiger partial charge in [-0.3, -0.25) is 4.90 Å². The van der Waals surface area contributed by atoms with Crippen LogP contribution in [0.1, 0.15) is 12.5 Å². The highest BCUT2D eigenvalue weighted by atomic mass is 19.4. The molecule has 0 bridgehead atoms. The monoisotopic (exact) mass is 492 g/mol. The van der Waals surface area contributed by atoms with E-state index in [1.807, 2.05) is 0 Å². The molecular weight excluding hydrogens is 473 g/mol. The van der Waals surface area contributed by atoms with Crippen LogP contribution in [0.25, 0.3) is 0 Å². The number of nitrogens with zero attached hydrogens (tertiary/aromatic N) is 2. The van der Waals surface area contributed by atoms with Crippen molar-refractivity contribution in [1.82, 2.24) is 4.90 Å². The smallest absolute Gasteiger partial charge is 0.456 e. The second-order valence-corrected chi connectivity index (χ2v) is 8.09. The molecule has 2 aliphatic heterocycles. The molecule has 4 rings (SSSR count). The molecule has 0 spiro atoms. The van der Waals surface area contributed by atoms with E-state index >= 15 is 0 Å². The first-order valence-corrected chi connectivity index (χ1v) is 10.2. The molecule has 2 aromatic carbocycles. The summed E-state index contributed by atoms with van der Waals surface area (Å²) in [6.07, 6.45) is -5.73. The van der Waals surface area contributed by atoms with Crippen molar-refractivity contribution in [2.45, 2.75) is 30.7 Å². The molecular formula is C22H19F7N2O3. The molecule has 2 amide bonds. The molecule has 12 heteroatoms. The largest absolute Gasteiger partial charge is 0.487 e. The van der Waals surface area contributed by atoms with Crippen LogP contribution in [0.5, 0.6) is 5.75 Å². The molecule has 2 aliphatic rings. The van der Waals surface area contributed by atoms with Gasteiger partial charge in [0.05, 0.1) is 12.6 Å². The summed E-state index contributed by atoms with van der Waals surface area (Å²) in [5.41, 5.74) is -0.594. The van der Waals surface area contributed by atoms with E-state index < -0.39 is 48.0 Å². The van der Waals surface area contributed by atoms with E-state index in [9.17, 15) is 35.5 Å². The maximum absolute atomic E-state index is 14.4. The summed E-state index contributed by atoms with van der Waals surface area (Å²) in [4.78, 5) is 15.9. The van der Waals surface area contributed by atoms with Crippen LogP contribution in [0.3, 0.4) is 0 Å². The summed E-state index contributed by atoms with van der Waals surface area (Å²) in [6, 6.07) is 7.21. The summed E-state index contributed by atoms with van der Waals surface area (Å²) in [5, 5.41) is 0. The summed E-state index contributed by atoms with van der Waals surface area (Å²) >= 11 is 0. The Balaban J connectivity index is 1.43. The number of amides is 2. The van der Waals surface area contributed by atoms with Gasteiger partial charge in [-0.1, -0.05) is 6.07 Å². The minimum Gasteiger partial charge on any atom is -0.487 e. The van der Waals surface area contributed by atoms with E-state index in [0.717, 1.165) is 12.1 Å². The van der Waals surface area contributed by atoms with Crippen molar-refractivity contribution in [2.24, 2.45) is 0 Å². The van der Waals surface area contributed by atoms with Crippen LogP contribution in [0, 0.1) is 11.6 Å². The van der Waals surface area contributed by atoms with Crippen molar-refractivity contribution in [3.05, 3.63) is 59.7 Å². The lowest BCUT2D eigenvalue weighted by Gasteiger charge is -2.30. The Hall–Kier alpha value is -3.02. The van der Waals surface area contributed by atoms with E-state index in [2.05, 4.69) is 4.74 Å². The number of hydrogen-bond acceptors (Lipinski definition) is 3. The van der Waals surface area contributed by atoms with Crippen molar-refractivity contribution in [3.8, 4) is 5.75 Å². The molecule has 2 fully saturated rings. The summed E-state index contributed by atoms with van der Waals surface area (Å²) in [6.45, 7) is 0.483. The molecule has 0 saturated carbocycles. The first-order chi connectivity index (χ1) is 15.9. The van der Waals surface area contributed by atoms with Gasteiger partial charge in [-0.2, -0.15) is 22.0 Å². The van der Waals surface area contributed by atoms with Gasteiger partial charge >= 0.3 is 18.1 Å². The SMILES string of the molecule is C[C@@H](N1CCN(c2ccc(OCC(F)(F)C(F)(F)F)cc2)C1=O)[C@]1(c2ccc(F)cc2F)CO1. The van der Waals surface area contributed by atoms with Gasteiger partial charge in [-0.25, -0.2) is 13.6 Å². The van der Waals surface area contributed by atoms with Crippen LogP contribution in [0.2, 0.25) is 0 Å². The van der Waals surface area contributed by atoms with E-state index in [4.69, 9.17) is 4.74 Å². The predicted molar refractivity (Wildman–Crippen MR) is 106 cm³/mol. The van der Waals surface area contributed by atoms with Crippen molar-refractivity contribution >= 4 is 11.7 Å². The highest BCUT2D eigenvalue weighted by Crippen LogP contribution is 2.46. The zero-order valence-corrected chi connectivity index (χ0v) is 17.7. The topological polar surface area (TPSA) is 45.3 Å². The van der Waals surface area contributed by atoms with Crippen LogP contribution in [0.4, 0.5) is 41.2 Å². The number of benzene rings is 2. The molecule has 184 valence electrons. The number of halogens is 7. The van der Waals surface area contributed by atoms with Gasteiger partial charge in [-0.05, 0) is 37.3 Å². The summed E-state index contributed by atoms with van der Waals surface area (Å²) in [7, 11) is 0. The molecule has 5 nitrogen and oxygen atoms in total. The maximum Gasteiger partial charge on any atom is 0.456 e. The molecule has 2 saturated heterocycles. The van der Waals surface area contributed by atoms with Crippen LogP contribution in [-0.2, 0) is 10.3 Å². The maximum atomic E-state index is 14.4. The summed E-state index contributed by atoms with van der Waals surface area (Å²) in [5.74, 6) is -6.73. The number of carbonyl (C=O) groups is 1. The molecule has 0 unspecified atom stereocenters. The third kappa shape index (κ3) is 4.26.